The van der Waals surface area contributed by atoms with E-state index in [4.69, 9.17) is 18.9 Å². The molecule has 2 N–H and O–H groups in total. The van der Waals surface area contributed by atoms with E-state index in [1.54, 1.807) is 48.5 Å². The zero-order chi connectivity index (χ0) is 29.0. The van der Waals surface area contributed by atoms with Gasteiger partial charge in [-0.2, -0.15) is 0 Å². The molecule has 4 aromatic carbocycles. The third kappa shape index (κ3) is 8.76. The first-order valence-electron chi connectivity index (χ1n) is 14.1. The quantitative estimate of drug-likeness (QED) is 0.210. The molecule has 216 valence electrons. The van der Waals surface area contributed by atoms with Gasteiger partial charge in [0.25, 0.3) is 11.8 Å². The van der Waals surface area contributed by atoms with E-state index in [0.29, 0.717) is 23.0 Å². The molecule has 1 fully saturated rings. The van der Waals surface area contributed by atoms with Crippen LogP contribution >= 0.6 is 0 Å². The highest BCUT2D eigenvalue weighted by atomic mass is 16.5. The molecular formula is C34H34N2O6. The van der Waals surface area contributed by atoms with Gasteiger partial charge in [0.2, 0.25) is 0 Å². The van der Waals surface area contributed by atoms with Crippen LogP contribution in [0, 0.1) is 0 Å². The van der Waals surface area contributed by atoms with Crippen molar-refractivity contribution in [2.45, 2.75) is 37.8 Å². The van der Waals surface area contributed by atoms with E-state index in [9.17, 15) is 9.59 Å². The van der Waals surface area contributed by atoms with Crippen LogP contribution in [0.2, 0.25) is 0 Å². The van der Waals surface area contributed by atoms with Gasteiger partial charge in [-0.05, 0) is 85.6 Å². The minimum absolute atomic E-state index is 0.122. The lowest BCUT2D eigenvalue weighted by atomic mass is 9.90. The number of benzene rings is 4. The highest BCUT2D eigenvalue weighted by Gasteiger charge is 2.28. The third-order valence-corrected chi connectivity index (χ3v) is 6.80. The number of hydrogen-bond acceptors (Lipinski definition) is 6. The Kier molecular flexibility index (Phi) is 9.92. The maximum Gasteiger partial charge on any atom is 0.258 e. The summed E-state index contributed by atoms with van der Waals surface area (Å²) in [6.45, 7) is -0.244. The Morgan fingerprint density at radius 2 is 0.833 bits per heavy atom. The lowest BCUT2D eigenvalue weighted by molar-refractivity contribution is -0.127. The minimum atomic E-state index is -0.236. The first-order valence-corrected chi connectivity index (χ1v) is 14.1. The average Bonchev–Trinajstić information content (AvgIpc) is 3.02. The fourth-order valence-corrected chi connectivity index (χ4v) is 4.73. The van der Waals surface area contributed by atoms with Gasteiger partial charge in [-0.3, -0.25) is 9.59 Å². The van der Waals surface area contributed by atoms with Crippen molar-refractivity contribution in [1.29, 1.82) is 0 Å². The molecule has 1 saturated carbocycles. The largest absolute Gasteiger partial charge is 0.484 e. The van der Waals surface area contributed by atoms with Crippen molar-refractivity contribution >= 4 is 11.8 Å². The van der Waals surface area contributed by atoms with Gasteiger partial charge in [0.1, 0.15) is 34.5 Å². The lowest BCUT2D eigenvalue weighted by Crippen LogP contribution is -2.54. The zero-order valence-corrected chi connectivity index (χ0v) is 23.2. The molecule has 0 aliphatic heterocycles. The number of hydrogen-bond donors (Lipinski definition) is 2. The fraction of sp³-hybridized carbons (Fsp3) is 0.235. The van der Waals surface area contributed by atoms with Gasteiger partial charge in [-0.15, -0.1) is 0 Å². The van der Waals surface area contributed by atoms with Crippen molar-refractivity contribution in [3.63, 3.8) is 0 Å². The monoisotopic (exact) mass is 566 g/mol. The normalized spacial score (nSPS) is 16.1. The summed E-state index contributed by atoms with van der Waals surface area (Å²) in [5.74, 6) is 3.50. The third-order valence-electron chi connectivity index (χ3n) is 6.80. The Balaban J connectivity index is 1.04. The molecule has 1 aliphatic carbocycles. The van der Waals surface area contributed by atoms with Gasteiger partial charge in [0, 0.05) is 12.1 Å². The maximum atomic E-state index is 12.7. The molecule has 0 radical (unpaired) electrons. The summed E-state index contributed by atoms with van der Waals surface area (Å²) in [5.41, 5.74) is 0. The molecule has 8 nitrogen and oxygen atoms in total. The van der Waals surface area contributed by atoms with Gasteiger partial charge in [-0.1, -0.05) is 49.2 Å². The number of carbonyl (C=O) groups excluding carboxylic acids is 2. The molecule has 0 bridgehead atoms. The first-order chi connectivity index (χ1) is 20.6. The van der Waals surface area contributed by atoms with Crippen LogP contribution in [0.15, 0.2) is 109 Å². The predicted octanol–water partition coefficient (Wildman–Crippen LogP) is 6.27. The highest BCUT2D eigenvalue weighted by molar-refractivity contribution is 5.79. The molecule has 5 rings (SSSR count). The summed E-state index contributed by atoms with van der Waals surface area (Å²) >= 11 is 0. The molecular weight excluding hydrogens is 532 g/mol. The number of para-hydroxylation sites is 2. The summed E-state index contributed by atoms with van der Waals surface area (Å²) in [5, 5.41) is 6.06. The van der Waals surface area contributed by atoms with Crippen LogP contribution < -0.4 is 29.6 Å². The molecule has 0 heterocycles. The molecule has 0 unspecified atom stereocenters. The van der Waals surface area contributed by atoms with Gasteiger partial charge >= 0.3 is 0 Å². The topological polar surface area (TPSA) is 95.1 Å². The number of ether oxygens (including phenoxy) is 4. The predicted molar refractivity (Wildman–Crippen MR) is 159 cm³/mol. The average molecular weight is 567 g/mol. The fourth-order valence-electron chi connectivity index (χ4n) is 4.73. The van der Waals surface area contributed by atoms with Crippen molar-refractivity contribution in [2.75, 3.05) is 13.2 Å². The SMILES string of the molecule is O=C(COc1ccc(Oc2ccccc2)cc1)N[C@@H]1CCCC[C@H]1NC(=O)COc1ccc(Oc2ccccc2)cc1. The summed E-state index contributed by atoms with van der Waals surface area (Å²) in [6.07, 6.45) is 3.53. The smallest absolute Gasteiger partial charge is 0.258 e. The Labute approximate surface area is 245 Å². The second-order valence-corrected chi connectivity index (χ2v) is 9.98. The molecule has 1 aliphatic rings. The summed E-state index contributed by atoms with van der Waals surface area (Å²) < 4.78 is 22.9. The van der Waals surface area contributed by atoms with Crippen molar-refractivity contribution in [2.24, 2.45) is 0 Å². The van der Waals surface area contributed by atoms with Gasteiger partial charge < -0.3 is 29.6 Å². The Bertz CT molecular complexity index is 1300. The van der Waals surface area contributed by atoms with Crippen LogP contribution in [0.25, 0.3) is 0 Å². The van der Waals surface area contributed by atoms with E-state index < -0.39 is 0 Å². The van der Waals surface area contributed by atoms with Gasteiger partial charge in [0.05, 0.1) is 0 Å². The highest BCUT2D eigenvalue weighted by Crippen LogP contribution is 2.25. The van der Waals surface area contributed by atoms with Crippen LogP contribution in [0.5, 0.6) is 34.5 Å². The number of rotatable bonds is 12. The lowest BCUT2D eigenvalue weighted by Gasteiger charge is -2.32. The number of carbonyl (C=O) groups is 2. The molecule has 0 spiro atoms. The van der Waals surface area contributed by atoms with Crippen molar-refractivity contribution < 1.29 is 28.5 Å². The van der Waals surface area contributed by atoms with Crippen LogP contribution in [0.4, 0.5) is 0 Å². The maximum absolute atomic E-state index is 12.7. The second kappa shape index (κ2) is 14.6. The van der Waals surface area contributed by atoms with Crippen molar-refractivity contribution in [1.82, 2.24) is 10.6 Å². The molecule has 4 aromatic rings. The van der Waals surface area contributed by atoms with E-state index in [1.165, 1.54) is 0 Å². The van der Waals surface area contributed by atoms with Crippen molar-refractivity contribution in [3.05, 3.63) is 109 Å². The minimum Gasteiger partial charge on any atom is -0.484 e. The molecule has 8 heteroatoms. The van der Waals surface area contributed by atoms with Crippen molar-refractivity contribution in [3.8, 4) is 34.5 Å². The Morgan fingerprint density at radius 1 is 0.500 bits per heavy atom. The van der Waals surface area contributed by atoms with E-state index in [0.717, 1.165) is 37.2 Å². The molecule has 42 heavy (non-hydrogen) atoms. The van der Waals surface area contributed by atoms with Crippen LogP contribution in [0.1, 0.15) is 25.7 Å². The molecule has 0 saturated heterocycles. The Morgan fingerprint density at radius 3 is 1.21 bits per heavy atom. The van der Waals surface area contributed by atoms with Crippen LogP contribution in [0.3, 0.4) is 0 Å². The molecule has 2 amide bonds. The van der Waals surface area contributed by atoms with Gasteiger partial charge in [0.15, 0.2) is 13.2 Å². The van der Waals surface area contributed by atoms with Gasteiger partial charge in [-0.25, -0.2) is 0 Å². The summed E-state index contributed by atoms with van der Waals surface area (Å²) in [6, 6.07) is 32.9. The van der Waals surface area contributed by atoms with E-state index in [-0.39, 0.29) is 37.1 Å². The standard InChI is InChI=1S/C34H34N2O6/c37-33(23-39-25-15-19-29(20-16-25)41-27-9-3-1-4-10-27)35-31-13-7-8-14-32(31)36-34(38)24-40-26-17-21-30(22-18-26)42-28-11-5-2-6-12-28/h1-6,9-12,15-22,31-32H,7-8,13-14,23-24H2,(H,35,37)(H,36,38)/t31-,32-/m1/s1. The van der Waals surface area contributed by atoms with E-state index >= 15 is 0 Å². The zero-order valence-electron chi connectivity index (χ0n) is 23.2. The number of nitrogens with one attached hydrogen (secondary N) is 2. The van der Waals surface area contributed by atoms with E-state index in [2.05, 4.69) is 10.6 Å². The summed E-state index contributed by atoms with van der Waals surface area (Å²) in [4.78, 5) is 25.3. The molecule has 0 aromatic heterocycles. The van der Waals surface area contributed by atoms with E-state index in [1.807, 2.05) is 60.7 Å². The first kappa shape index (κ1) is 28.5. The Hall–Kier alpha value is -4.98. The second-order valence-electron chi connectivity index (χ2n) is 9.98. The molecule has 2 atom stereocenters. The summed E-state index contributed by atoms with van der Waals surface area (Å²) in [7, 11) is 0. The van der Waals surface area contributed by atoms with Crippen LogP contribution in [-0.4, -0.2) is 37.1 Å². The number of amides is 2. The van der Waals surface area contributed by atoms with Crippen LogP contribution in [-0.2, 0) is 9.59 Å².